The first kappa shape index (κ1) is 11.6. The van der Waals surface area contributed by atoms with E-state index in [1.54, 1.807) is 24.3 Å². The number of imidazole rings is 1. The average molecular weight is 211 g/mol. The van der Waals surface area contributed by atoms with Gasteiger partial charge in [-0.2, -0.15) is 0 Å². The lowest BCUT2D eigenvalue weighted by atomic mass is 10.4. The fourth-order valence-electron chi connectivity index (χ4n) is 1.45. The van der Waals surface area contributed by atoms with Crippen molar-refractivity contribution in [3.05, 3.63) is 22.9 Å². The predicted molar refractivity (Wildman–Crippen MR) is 57.6 cm³/mol. The SMILES string of the molecule is CCN(CC)C(=O)Cn1ccn(C)c1=O. The molecule has 15 heavy (non-hydrogen) atoms. The third-order valence-corrected chi connectivity index (χ3v) is 2.44. The van der Waals surface area contributed by atoms with Gasteiger partial charge in [0.1, 0.15) is 6.54 Å². The highest BCUT2D eigenvalue weighted by molar-refractivity contribution is 5.75. The molecule has 0 saturated heterocycles. The van der Waals surface area contributed by atoms with Gasteiger partial charge in [-0.05, 0) is 13.8 Å². The molecule has 0 aromatic carbocycles. The molecule has 0 unspecified atom stereocenters. The Morgan fingerprint density at radius 3 is 2.33 bits per heavy atom. The van der Waals surface area contributed by atoms with E-state index in [-0.39, 0.29) is 18.1 Å². The fraction of sp³-hybridized carbons (Fsp3) is 0.600. The quantitative estimate of drug-likeness (QED) is 0.706. The molecular formula is C10H17N3O2. The van der Waals surface area contributed by atoms with Crippen molar-refractivity contribution in [3.8, 4) is 0 Å². The number of hydrogen-bond donors (Lipinski definition) is 0. The number of amides is 1. The standard InChI is InChI=1S/C10H17N3O2/c1-4-12(5-2)9(14)8-13-7-6-11(3)10(13)15/h6-7H,4-5,8H2,1-3H3. The number of nitrogens with zero attached hydrogens (tertiary/aromatic N) is 3. The van der Waals surface area contributed by atoms with Gasteiger partial charge in [0.05, 0.1) is 0 Å². The first-order valence-corrected chi connectivity index (χ1v) is 5.09. The predicted octanol–water partition coefficient (Wildman–Crippen LogP) is 0.0552. The van der Waals surface area contributed by atoms with E-state index in [1.807, 2.05) is 13.8 Å². The lowest BCUT2D eigenvalue weighted by Gasteiger charge is -2.18. The molecule has 0 spiro atoms. The smallest absolute Gasteiger partial charge is 0.328 e. The Morgan fingerprint density at radius 2 is 1.93 bits per heavy atom. The van der Waals surface area contributed by atoms with Crippen LogP contribution in [0, 0.1) is 0 Å². The summed E-state index contributed by atoms with van der Waals surface area (Å²) < 4.78 is 2.87. The Hall–Kier alpha value is -1.52. The molecule has 84 valence electrons. The summed E-state index contributed by atoms with van der Waals surface area (Å²) in [6.07, 6.45) is 3.28. The number of likely N-dealkylation sites (N-methyl/N-ethyl adjacent to an activating group) is 1. The van der Waals surface area contributed by atoms with Crippen LogP contribution in [0.15, 0.2) is 17.2 Å². The van der Waals surface area contributed by atoms with Crippen LogP contribution in [-0.2, 0) is 18.4 Å². The summed E-state index contributed by atoms with van der Waals surface area (Å²) in [5.74, 6) is -0.0201. The van der Waals surface area contributed by atoms with Crippen LogP contribution in [0.2, 0.25) is 0 Å². The van der Waals surface area contributed by atoms with E-state index in [0.717, 1.165) is 0 Å². The lowest BCUT2D eigenvalue weighted by Crippen LogP contribution is -2.36. The van der Waals surface area contributed by atoms with Crippen LogP contribution in [0.25, 0.3) is 0 Å². The summed E-state index contributed by atoms with van der Waals surface area (Å²) >= 11 is 0. The molecule has 0 N–H and O–H groups in total. The minimum Gasteiger partial charge on any atom is -0.342 e. The van der Waals surface area contributed by atoms with Gasteiger partial charge < -0.3 is 9.47 Å². The molecule has 0 saturated carbocycles. The molecule has 1 amide bonds. The van der Waals surface area contributed by atoms with Crippen LogP contribution in [0.4, 0.5) is 0 Å². The van der Waals surface area contributed by atoms with E-state index >= 15 is 0 Å². The van der Waals surface area contributed by atoms with Gasteiger partial charge in [0.15, 0.2) is 0 Å². The van der Waals surface area contributed by atoms with E-state index < -0.39 is 0 Å². The van der Waals surface area contributed by atoms with Gasteiger partial charge in [-0.25, -0.2) is 4.79 Å². The highest BCUT2D eigenvalue weighted by Crippen LogP contribution is 1.92. The molecule has 0 aliphatic heterocycles. The number of hydrogen-bond acceptors (Lipinski definition) is 2. The fourth-order valence-corrected chi connectivity index (χ4v) is 1.45. The first-order chi connectivity index (χ1) is 7.10. The molecule has 1 aromatic rings. The van der Waals surface area contributed by atoms with Crippen molar-refractivity contribution in [3.63, 3.8) is 0 Å². The van der Waals surface area contributed by atoms with Crippen molar-refractivity contribution in [2.75, 3.05) is 13.1 Å². The van der Waals surface area contributed by atoms with E-state index in [0.29, 0.717) is 13.1 Å². The summed E-state index contributed by atoms with van der Waals surface area (Å²) in [5, 5.41) is 0. The maximum Gasteiger partial charge on any atom is 0.328 e. The third-order valence-electron chi connectivity index (χ3n) is 2.44. The number of carbonyl (C=O) groups is 1. The molecule has 0 fully saturated rings. The summed E-state index contributed by atoms with van der Waals surface area (Å²) in [6.45, 7) is 5.33. The van der Waals surface area contributed by atoms with Gasteiger partial charge in [-0.15, -0.1) is 0 Å². The van der Waals surface area contributed by atoms with Crippen molar-refractivity contribution in [2.24, 2.45) is 7.05 Å². The number of aromatic nitrogens is 2. The zero-order chi connectivity index (χ0) is 11.4. The maximum absolute atomic E-state index is 11.7. The molecule has 0 aliphatic rings. The average Bonchev–Trinajstić information content (AvgIpc) is 2.52. The first-order valence-electron chi connectivity index (χ1n) is 5.09. The zero-order valence-corrected chi connectivity index (χ0v) is 9.43. The van der Waals surface area contributed by atoms with Crippen LogP contribution in [-0.4, -0.2) is 33.0 Å². The second kappa shape index (κ2) is 4.82. The molecule has 0 aliphatic carbocycles. The van der Waals surface area contributed by atoms with Crippen molar-refractivity contribution < 1.29 is 4.79 Å². The summed E-state index contributed by atoms with van der Waals surface area (Å²) in [4.78, 5) is 24.9. The van der Waals surface area contributed by atoms with Crippen LogP contribution in [0.3, 0.4) is 0 Å². The summed E-state index contributed by atoms with van der Waals surface area (Å²) in [5.41, 5.74) is -0.157. The topological polar surface area (TPSA) is 47.2 Å². The Bertz CT molecular complexity index is 388. The van der Waals surface area contributed by atoms with Gasteiger partial charge in [0, 0.05) is 32.5 Å². The molecule has 5 nitrogen and oxygen atoms in total. The second-order valence-electron chi connectivity index (χ2n) is 3.39. The number of aryl methyl sites for hydroxylation is 1. The number of carbonyl (C=O) groups excluding carboxylic acids is 1. The Labute approximate surface area is 88.9 Å². The molecule has 1 aromatic heterocycles. The van der Waals surface area contributed by atoms with Crippen molar-refractivity contribution >= 4 is 5.91 Å². The van der Waals surface area contributed by atoms with Crippen molar-refractivity contribution in [2.45, 2.75) is 20.4 Å². The maximum atomic E-state index is 11.7. The second-order valence-corrected chi connectivity index (χ2v) is 3.39. The normalized spacial score (nSPS) is 10.3. The van der Waals surface area contributed by atoms with Gasteiger partial charge in [0.2, 0.25) is 5.91 Å². The third kappa shape index (κ3) is 2.49. The summed E-state index contributed by atoms with van der Waals surface area (Å²) in [7, 11) is 1.67. The van der Waals surface area contributed by atoms with E-state index in [1.165, 1.54) is 9.13 Å². The Morgan fingerprint density at radius 1 is 1.33 bits per heavy atom. The molecule has 1 heterocycles. The Balaban J connectivity index is 2.74. The largest absolute Gasteiger partial charge is 0.342 e. The van der Waals surface area contributed by atoms with Gasteiger partial charge in [-0.3, -0.25) is 9.36 Å². The molecule has 5 heteroatoms. The van der Waals surface area contributed by atoms with Gasteiger partial charge in [-0.1, -0.05) is 0 Å². The monoisotopic (exact) mass is 211 g/mol. The van der Waals surface area contributed by atoms with E-state index in [9.17, 15) is 9.59 Å². The molecule has 0 atom stereocenters. The van der Waals surface area contributed by atoms with Crippen molar-refractivity contribution in [1.29, 1.82) is 0 Å². The minimum atomic E-state index is -0.157. The Kier molecular flexibility index (Phi) is 3.71. The highest BCUT2D eigenvalue weighted by atomic mass is 16.2. The van der Waals surface area contributed by atoms with Crippen LogP contribution in [0.5, 0.6) is 0 Å². The van der Waals surface area contributed by atoms with Gasteiger partial charge in [0.25, 0.3) is 0 Å². The highest BCUT2D eigenvalue weighted by Gasteiger charge is 2.11. The van der Waals surface area contributed by atoms with Crippen molar-refractivity contribution in [1.82, 2.24) is 14.0 Å². The summed E-state index contributed by atoms with van der Waals surface area (Å²) in [6, 6.07) is 0. The van der Waals surface area contributed by atoms with Crippen LogP contribution >= 0.6 is 0 Å². The molecule has 1 rings (SSSR count). The van der Waals surface area contributed by atoms with Crippen LogP contribution in [0.1, 0.15) is 13.8 Å². The van der Waals surface area contributed by atoms with E-state index in [2.05, 4.69) is 0 Å². The minimum absolute atomic E-state index is 0.0201. The van der Waals surface area contributed by atoms with Gasteiger partial charge >= 0.3 is 5.69 Å². The molecule has 0 radical (unpaired) electrons. The van der Waals surface area contributed by atoms with Crippen LogP contribution < -0.4 is 5.69 Å². The lowest BCUT2D eigenvalue weighted by molar-refractivity contribution is -0.131. The van der Waals surface area contributed by atoms with E-state index in [4.69, 9.17) is 0 Å². The number of rotatable bonds is 4. The molecule has 0 bridgehead atoms. The molecular weight excluding hydrogens is 194 g/mol. The zero-order valence-electron chi connectivity index (χ0n) is 9.43.